The lowest BCUT2D eigenvalue weighted by atomic mass is 10.0. The van der Waals surface area contributed by atoms with Gasteiger partial charge < -0.3 is 14.9 Å². The van der Waals surface area contributed by atoms with E-state index in [4.69, 9.17) is 0 Å². The first-order valence-corrected chi connectivity index (χ1v) is 17.1. The first-order valence-electron chi connectivity index (χ1n) is 17.1. The molecule has 0 aliphatic carbocycles. The Labute approximate surface area is 282 Å². The standard InChI is InChI=1S/C14H16N2.C14H13N.C4H9N.C4H8.3C2H6/c1-2-3-6-14-10-12(7-9-16-14)13-5-4-8-15-11-13;1-10-7-8-14-12(9-10)11-5-3-4-6-13(11)15(14)2;1-3-4-5-2;1-3-4-2;3*1-2/h3-10,15H,2,11H2,1H3;3-9H,1-2H3;4H,3H2,1-2H3;3-4H,1-2H3;3*1-2H3/b6-3+;;;4-3-;;;. The van der Waals surface area contributed by atoms with Crippen LogP contribution >= 0.6 is 0 Å². The molecule has 2 aromatic carbocycles. The predicted molar refractivity (Wildman–Crippen MR) is 213 cm³/mol. The van der Waals surface area contributed by atoms with Crippen molar-refractivity contribution in [1.29, 1.82) is 0 Å². The van der Waals surface area contributed by atoms with Crippen LogP contribution in [0.3, 0.4) is 0 Å². The number of hydrogen-bond donors (Lipinski definition) is 1. The van der Waals surface area contributed by atoms with E-state index in [9.17, 15) is 0 Å². The van der Waals surface area contributed by atoms with Crippen LogP contribution in [0, 0.1) is 6.92 Å². The minimum atomic E-state index is 0.886. The lowest BCUT2D eigenvalue weighted by Crippen LogP contribution is -2.11. The average molecular weight is 625 g/mol. The minimum Gasteiger partial charge on any atom is -0.387 e. The molecule has 0 bridgehead atoms. The SMILES string of the molecule is C/C=C\C.CC.CC.CC.CC/C=C/c1cc(C2=CC=CNC2)ccn1.CCC=NC.Cc1ccc2c(c1)c1ccccc1n2C. The molecule has 46 heavy (non-hydrogen) atoms. The lowest BCUT2D eigenvalue weighted by Gasteiger charge is -2.11. The monoisotopic (exact) mass is 625 g/mol. The maximum absolute atomic E-state index is 4.32. The number of nitrogens with zero attached hydrogens (tertiary/aromatic N) is 3. The van der Waals surface area contributed by atoms with Gasteiger partial charge in [0.2, 0.25) is 0 Å². The van der Waals surface area contributed by atoms with Crippen molar-refractivity contribution < 1.29 is 0 Å². The quantitative estimate of drug-likeness (QED) is 0.181. The van der Waals surface area contributed by atoms with Crippen LogP contribution < -0.4 is 5.32 Å². The van der Waals surface area contributed by atoms with Gasteiger partial charge in [-0.2, -0.15) is 0 Å². The summed E-state index contributed by atoms with van der Waals surface area (Å²) in [7, 11) is 3.91. The third-order valence-corrected chi connectivity index (χ3v) is 6.25. The summed E-state index contributed by atoms with van der Waals surface area (Å²) in [5, 5.41) is 5.91. The number of nitrogens with one attached hydrogen (secondary N) is 1. The number of para-hydroxylation sites is 1. The highest BCUT2D eigenvalue weighted by Crippen LogP contribution is 2.28. The summed E-state index contributed by atoms with van der Waals surface area (Å²) in [5.74, 6) is 0. The van der Waals surface area contributed by atoms with E-state index >= 15 is 0 Å². The molecule has 0 fully saturated rings. The first kappa shape index (κ1) is 43.9. The number of allylic oxidation sites excluding steroid dienone is 5. The highest BCUT2D eigenvalue weighted by atomic mass is 14.9. The van der Waals surface area contributed by atoms with Crippen LogP contribution in [-0.4, -0.2) is 29.4 Å². The molecular formula is C42H64N4. The fourth-order valence-corrected chi connectivity index (χ4v) is 4.10. The Morgan fingerprint density at radius 1 is 0.848 bits per heavy atom. The highest BCUT2D eigenvalue weighted by molar-refractivity contribution is 6.08. The number of dihydropyridines is 1. The van der Waals surface area contributed by atoms with Crippen molar-refractivity contribution >= 4 is 39.7 Å². The zero-order valence-corrected chi connectivity index (χ0v) is 31.4. The van der Waals surface area contributed by atoms with Gasteiger partial charge in [-0.25, -0.2) is 0 Å². The molecule has 3 heterocycles. The molecule has 252 valence electrons. The molecule has 0 saturated carbocycles. The number of aryl methyl sites for hydroxylation is 2. The molecule has 0 saturated heterocycles. The van der Waals surface area contributed by atoms with E-state index in [0.29, 0.717) is 0 Å². The van der Waals surface area contributed by atoms with Crippen LogP contribution in [0.1, 0.15) is 98.9 Å². The summed E-state index contributed by atoms with van der Waals surface area (Å²) in [6.45, 7) is 23.2. The van der Waals surface area contributed by atoms with Crippen molar-refractivity contribution in [3.8, 4) is 0 Å². The summed E-state index contributed by atoms with van der Waals surface area (Å²) in [5.41, 5.74) is 7.49. The summed E-state index contributed by atoms with van der Waals surface area (Å²) < 4.78 is 2.25. The Morgan fingerprint density at radius 2 is 1.50 bits per heavy atom. The maximum Gasteiger partial charge on any atom is 0.0632 e. The lowest BCUT2D eigenvalue weighted by molar-refractivity contribution is 0.985. The van der Waals surface area contributed by atoms with E-state index in [1.807, 2.05) is 92.2 Å². The van der Waals surface area contributed by atoms with Crippen molar-refractivity contribution in [3.05, 3.63) is 114 Å². The third-order valence-electron chi connectivity index (χ3n) is 6.25. The van der Waals surface area contributed by atoms with Gasteiger partial charge in [-0.15, -0.1) is 0 Å². The molecule has 4 aromatic rings. The zero-order valence-electron chi connectivity index (χ0n) is 31.4. The molecule has 2 aromatic heterocycles. The molecule has 0 spiro atoms. The van der Waals surface area contributed by atoms with Crippen LogP contribution in [0.25, 0.3) is 33.5 Å². The number of benzene rings is 2. The third kappa shape index (κ3) is 16.2. The molecule has 1 N–H and O–H groups in total. The number of aromatic nitrogens is 2. The number of hydrogen-bond acceptors (Lipinski definition) is 3. The van der Waals surface area contributed by atoms with Gasteiger partial charge in [-0.1, -0.05) is 110 Å². The Bertz CT molecular complexity index is 1460. The van der Waals surface area contributed by atoms with Crippen molar-refractivity contribution in [2.45, 2.75) is 89.0 Å². The van der Waals surface area contributed by atoms with Crippen LogP contribution in [0.15, 0.2) is 102 Å². The average Bonchev–Trinajstić information content (AvgIpc) is 3.42. The Hall–Kier alpha value is -4.18. The summed E-state index contributed by atoms with van der Waals surface area (Å²) >= 11 is 0. The van der Waals surface area contributed by atoms with Gasteiger partial charge in [0.1, 0.15) is 0 Å². The van der Waals surface area contributed by atoms with Crippen LogP contribution in [0.5, 0.6) is 0 Å². The Balaban J connectivity index is 0. The van der Waals surface area contributed by atoms with E-state index in [1.165, 1.54) is 38.5 Å². The van der Waals surface area contributed by atoms with Gasteiger partial charge in [-0.3, -0.25) is 4.98 Å². The van der Waals surface area contributed by atoms with Gasteiger partial charge in [0.25, 0.3) is 0 Å². The predicted octanol–water partition coefficient (Wildman–Crippen LogP) is 12.4. The molecular weight excluding hydrogens is 560 g/mol. The number of pyridine rings is 1. The maximum atomic E-state index is 4.32. The number of aliphatic imine (C=N–C) groups is 1. The van der Waals surface area contributed by atoms with Crippen molar-refractivity contribution in [1.82, 2.24) is 14.9 Å². The molecule has 4 heteroatoms. The molecule has 0 radical (unpaired) electrons. The largest absolute Gasteiger partial charge is 0.387 e. The highest BCUT2D eigenvalue weighted by Gasteiger charge is 2.06. The van der Waals surface area contributed by atoms with Gasteiger partial charge >= 0.3 is 0 Å². The molecule has 1 aliphatic heterocycles. The summed E-state index contributed by atoms with van der Waals surface area (Å²) in [6, 6.07) is 19.4. The van der Waals surface area contributed by atoms with E-state index in [0.717, 1.165) is 25.1 Å². The second-order valence-electron chi connectivity index (χ2n) is 9.32. The Morgan fingerprint density at radius 3 is 2.04 bits per heavy atom. The van der Waals surface area contributed by atoms with Gasteiger partial charge in [0.05, 0.1) is 5.69 Å². The van der Waals surface area contributed by atoms with Crippen LogP contribution in [-0.2, 0) is 7.05 Å². The van der Waals surface area contributed by atoms with E-state index < -0.39 is 0 Å². The van der Waals surface area contributed by atoms with Crippen LogP contribution in [0.2, 0.25) is 0 Å². The first-order chi connectivity index (χ1) is 22.5. The number of rotatable bonds is 4. The molecule has 1 aliphatic rings. The van der Waals surface area contributed by atoms with Crippen molar-refractivity contribution in [2.75, 3.05) is 13.6 Å². The fourth-order valence-electron chi connectivity index (χ4n) is 4.10. The summed E-state index contributed by atoms with van der Waals surface area (Å²) in [4.78, 5) is 8.05. The van der Waals surface area contributed by atoms with E-state index in [-0.39, 0.29) is 0 Å². The number of fused-ring (bicyclic) bond motifs is 3. The van der Waals surface area contributed by atoms with Crippen molar-refractivity contribution in [3.63, 3.8) is 0 Å². The van der Waals surface area contributed by atoms with Crippen molar-refractivity contribution in [2.24, 2.45) is 12.0 Å². The second kappa shape index (κ2) is 29.5. The van der Waals surface area contributed by atoms with Gasteiger partial charge in [-0.05, 0) is 99.6 Å². The zero-order chi connectivity index (χ0) is 35.2. The summed E-state index contributed by atoms with van der Waals surface area (Å²) in [6.07, 6.45) is 20.2. The minimum absolute atomic E-state index is 0.886. The molecule has 4 nitrogen and oxygen atoms in total. The topological polar surface area (TPSA) is 42.2 Å². The fraction of sp³-hybridized carbons (Fsp3) is 0.381. The van der Waals surface area contributed by atoms with Gasteiger partial charge in [0, 0.05) is 48.6 Å². The normalized spacial score (nSPS) is 11.2. The molecule has 0 atom stereocenters. The second-order valence-corrected chi connectivity index (χ2v) is 9.32. The molecule has 0 amide bonds. The van der Waals surface area contributed by atoms with Crippen LogP contribution in [0.4, 0.5) is 0 Å². The molecule has 5 rings (SSSR count). The smallest absolute Gasteiger partial charge is 0.0632 e. The van der Waals surface area contributed by atoms with Gasteiger partial charge in [0.15, 0.2) is 0 Å². The van der Waals surface area contributed by atoms with E-state index in [2.05, 4.69) is 121 Å². The molecule has 0 unspecified atom stereocenters. The Kier molecular flexibility index (Phi) is 28.2. The van der Waals surface area contributed by atoms with E-state index in [1.54, 1.807) is 7.05 Å².